The summed E-state index contributed by atoms with van der Waals surface area (Å²) in [6.07, 6.45) is 5.44. The van der Waals surface area contributed by atoms with Crippen molar-refractivity contribution < 1.29 is 5.11 Å². The Balaban J connectivity index is 0.000000386. The first-order valence-electron chi connectivity index (χ1n) is 6.50. The van der Waals surface area contributed by atoms with Crippen LogP contribution < -0.4 is 0 Å². The van der Waals surface area contributed by atoms with Crippen LogP contribution in [0.4, 0.5) is 0 Å². The lowest BCUT2D eigenvalue weighted by Gasteiger charge is -2.25. The molecule has 0 aromatic heterocycles. The molecule has 1 nitrogen and oxygen atoms in total. The van der Waals surface area contributed by atoms with Gasteiger partial charge in [0.25, 0.3) is 0 Å². The third kappa shape index (κ3) is 4.36. The van der Waals surface area contributed by atoms with Crippen LogP contribution in [0.5, 0.6) is 0 Å². The molecule has 1 N–H and O–H groups in total. The van der Waals surface area contributed by atoms with Gasteiger partial charge in [-0.05, 0) is 37.2 Å². The monoisotopic (exact) mass is 220 g/mol. The topological polar surface area (TPSA) is 20.2 Å². The van der Waals surface area contributed by atoms with Gasteiger partial charge in [0.15, 0.2) is 0 Å². The first kappa shape index (κ1) is 13.2. The Morgan fingerprint density at radius 2 is 1.50 bits per heavy atom. The third-order valence-corrected chi connectivity index (χ3v) is 2.97. The van der Waals surface area contributed by atoms with Crippen molar-refractivity contribution in [1.82, 2.24) is 0 Å². The van der Waals surface area contributed by atoms with E-state index in [9.17, 15) is 5.11 Å². The van der Waals surface area contributed by atoms with Crippen LogP contribution in [0.15, 0.2) is 30.3 Å². The average molecular weight is 220 g/mol. The number of hydrogen-bond acceptors (Lipinski definition) is 1. The van der Waals surface area contributed by atoms with E-state index in [2.05, 4.69) is 44.2 Å². The maximum atomic E-state index is 9.37. The standard InChI is InChI=1S/C12H16O.C3H8/c13-12-8-6-11(7-9-12)10-4-2-1-3-5-10;1-3-2/h1-5,11-13H,6-9H2;3H2,1-2H3. The number of rotatable bonds is 1. The molecular weight excluding hydrogens is 196 g/mol. The molecule has 1 fully saturated rings. The van der Waals surface area contributed by atoms with Crippen LogP contribution in [0.2, 0.25) is 0 Å². The van der Waals surface area contributed by atoms with Gasteiger partial charge in [0.2, 0.25) is 0 Å². The zero-order valence-corrected chi connectivity index (χ0v) is 10.5. The summed E-state index contributed by atoms with van der Waals surface area (Å²) in [5.41, 5.74) is 1.44. The lowest BCUT2D eigenvalue weighted by atomic mass is 9.83. The molecule has 1 aliphatic rings. The molecule has 1 saturated carbocycles. The van der Waals surface area contributed by atoms with Gasteiger partial charge < -0.3 is 5.11 Å². The summed E-state index contributed by atoms with van der Waals surface area (Å²) in [6, 6.07) is 10.6. The molecule has 1 heteroatoms. The highest BCUT2D eigenvalue weighted by atomic mass is 16.3. The SMILES string of the molecule is CCC.OC1CCC(c2ccccc2)CC1. The maximum Gasteiger partial charge on any atom is 0.0540 e. The van der Waals surface area contributed by atoms with Crippen molar-refractivity contribution in [3.05, 3.63) is 35.9 Å². The molecular formula is C15H24O. The zero-order chi connectivity index (χ0) is 11.8. The Hall–Kier alpha value is -0.820. The summed E-state index contributed by atoms with van der Waals surface area (Å²) in [4.78, 5) is 0. The third-order valence-electron chi connectivity index (χ3n) is 2.97. The van der Waals surface area contributed by atoms with Gasteiger partial charge in [-0.1, -0.05) is 50.6 Å². The van der Waals surface area contributed by atoms with Gasteiger partial charge in [0.05, 0.1) is 6.10 Å². The fraction of sp³-hybridized carbons (Fsp3) is 0.600. The molecule has 0 radical (unpaired) electrons. The van der Waals surface area contributed by atoms with E-state index in [0.717, 1.165) is 25.7 Å². The molecule has 90 valence electrons. The highest BCUT2D eigenvalue weighted by Gasteiger charge is 2.19. The Labute approximate surface area is 99.5 Å². The zero-order valence-electron chi connectivity index (χ0n) is 10.5. The molecule has 1 aromatic carbocycles. The van der Waals surface area contributed by atoms with Crippen LogP contribution in [-0.4, -0.2) is 11.2 Å². The van der Waals surface area contributed by atoms with Gasteiger partial charge in [-0.15, -0.1) is 0 Å². The van der Waals surface area contributed by atoms with Gasteiger partial charge in [-0.25, -0.2) is 0 Å². The molecule has 0 amide bonds. The molecule has 0 bridgehead atoms. The van der Waals surface area contributed by atoms with E-state index >= 15 is 0 Å². The van der Waals surface area contributed by atoms with E-state index in [1.165, 1.54) is 12.0 Å². The second kappa shape index (κ2) is 7.45. The predicted molar refractivity (Wildman–Crippen MR) is 69.6 cm³/mol. The minimum Gasteiger partial charge on any atom is -0.393 e. The van der Waals surface area contributed by atoms with E-state index in [-0.39, 0.29) is 6.10 Å². The lowest BCUT2D eigenvalue weighted by molar-refractivity contribution is 0.122. The first-order chi connectivity index (χ1) is 7.77. The minimum absolute atomic E-state index is 0.0417. The summed E-state index contributed by atoms with van der Waals surface area (Å²) in [5.74, 6) is 0.685. The van der Waals surface area contributed by atoms with E-state index in [0.29, 0.717) is 5.92 Å². The van der Waals surface area contributed by atoms with Crippen molar-refractivity contribution >= 4 is 0 Å². The van der Waals surface area contributed by atoms with Gasteiger partial charge in [-0.3, -0.25) is 0 Å². The molecule has 0 heterocycles. The molecule has 1 aliphatic carbocycles. The predicted octanol–water partition coefficient (Wildman–Crippen LogP) is 4.12. The highest BCUT2D eigenvalue weighted by molar-refractivity contribution is 5.19. The molecule has 0 atom stereocenters. The van der Waals surface area contributed by atoms with Gasteiger partial charge >= 0.3 is 0 Å². The number of aliphatic hydroxyl groups excluding tert-OH is 1. The van der Waals surface area contributed by atoms with Gasteiger partial charge in [0.1, 0.15) is 0 Å². The minimum atomic E-state index is -0.0417. The molecule has 0 spiro atoms. The Kier molecular flexibility index (Phi) is 6.17. The second-order valence-electron chi connectivity index (χ2n) is 4.62. The Morgan fingerprint density at radius 3 is 2.00 bits per heavy atom. The fourth-order valence-electron chi connectivity index (χ4n) is 2.13. The Morgan fingerprint density at radius 1 is 1.00 bits per heavy atom. The number of benzene rings is 1. The molecule has 1 aromatic rings. The van der Waals surface area contributed by atoms with E-state index in [4.69, 9.17) is 0 Å². The lowest BCUT2D eigenvalue weighted by Crippen LogP contribution is -2.16. The van der Waals surface area contributed by atoms with Crippen LogP contribution in [0.3, 0.4) is 0 Å². The van der Waals surface area contributed by atoms with Crippen molar-refractivity contribution in [2.45, 2.75) is 58.0 Å². The van der Waals surface area contributed by atoms with Crippen molar-refractivity contribution in [3.63, 3.8) is 0 Å². The highest BCUT2D eigenvalue weighted by Crippen LogP contribution is 2.32. The van der Waals surface area contributed by atoms with E-state index in [1.807, 2.05) is 0 Å². The second-order valence-corrected chi connectivity index (χ2v) is 4.62. The summed E-state index contributed by atoms with van der Waals surface area (Å²) in [6.45, 7) is 4.25. The molecule has 2 rings (SSSR count). The molecule has 16 heavy (non-hydrogen) atoms. The normalized spacial score (nSPS) is 24.4. The maximum absolute atomic E-state index is 9.37. The van der Waals surface area contributed by atoms with Crippen molar-refractivity contribution in [2.75, 3.05) is 0 Å². The molecule has 0 unspecified atom stereocenters. The van der Waals surface area contributed by atoms with Gasteiger partial charge in [0, 0.05) is 0 Å². The van der Waals surface area contributed by atoms with Crippen molar-refractivity contribution in [2.24, 2.45) is 0 Å². The molecule has 0 aliphatic heterocycles. The van der Waals surface area contributed by atoms with Crippen LogP contribution >= 0.6 is 0 Å². The summed E-state index contributed by atoms with van der Waals surface area (Å²) < 4.78 is 0. The van der Waals surface area contributed by atoms with Gasteiger partial charge in [-0.2, -0.15) is 0 Å². The van der Waals surface area contributed by atoms with Crippen LogP contribution in [0, 0.1) is 0 Å². The largest absolute Gasteiger partial charge is 0.393 e. The smallest absolute Gasteiger partial charge is 0.0540 e. The summed E-state index contributed by atoms with van der Waals surface area (Å²) in [7, 11) is 0. The van der Waals surface area contributed by atoms with E-state index < -0.39 is 0 Å². The number of aliphatic hydroxyl groups is 1. The van der Waals surface area contributed by atoms with E-state index in [1.54, 1.807) is 0 Å². The quantitative estimate of drug-likeness (QED) is 0.754. The first-order valence-corrected chi connectivity index (χ1v) is 6.50. The van der Waals surface area contributed by atoms with Crippen molar-refractivity contribution in [3.8, 4) is 0 Å². The summed E-state index contributed by atoms with van der Waals surface area (Å²) >= 11 is 0. The molecule has 0 saturated heterocycles. The van der Waals surface area contributed by atoms with Crippen molar-refractivity contribution in [1.29, 1.82) is 0 Å². The van der Waals surface area contributed by atoms with Crippen LogP contribution in [0.1, 0.15) is 57.4 Å². The number of hydrogen-bond donors (Lipinski definition) is 1. The van der Waals surface area contributed by atoms with Crippen LogP contribution in [0.25, 0.3) is 0 Å². The fourth-order valence-corrected chi connectivity index (χ4v) is 2.13. The van der Waals surface area contributed by atoms with Crippen LogP contribution in [-0.2, 0) is 0 Å². The average Bonchev–Trinajstić information content (AvgIpc) is 2.32. The Bertz CT molecular complexity index is 260. The summed E-state index contributed by atoms with van der Waals surface area (Å²) in [5, 5.41) is 9.37.